The van der Waals surface area contributed by atoms with E-state index in [0.717, 1.165) is 41.3 Å². The molecule has 5 rings (SSSR count). The fraction of sp³-hybridized carbons (Fsp3) is 0.241. The number of hydrogen-bond acceptors (Lipinski definition) is 6. The van der Waals surface area contributed by atoms with Crippen molar-refractivity contribution in [2.45, 2.75) is 24.9 Å². The molecule has 2 aromatic carbocycles. The number of Topliss-reactive ketones (excluding diaryl/α,β-unsaturated/α-hetero) is 1. The Balaban J connectivity index is 1.20. The molecule has 1 N–H and O–H groups in total. The van der Waals surface area contributed by atoms with E-state index in [1.54, 1.807) is 25.4 Å². The lowest BCUT2D eigenvalue weighted by molar-refractivity contribution is 0.0116. The summed E-state index contributed by atoms with van der Waals surface area (Å²) in [6, 6.07) is 24.8. The lowest BCUT2D eigenvalue weighted by Gasteiger charge is -2.39. The maximum absolute atomic E-state index is 12.8. The zero-order valence-electron chi connectivity index (χ0n) is 19.7. The van der Waals surface area contributed by atoms with Gasteiger partial charge in [0.1, 0.15) is 17.3 Å². The van der Waals surface area contributed by atoms with Gasteiger partial charge in [-0.15, -0.1) is 0 Å². The second kappa shape index (κ2) is 9.76. The van der Waals surface area contributed by atoms with Crippen LogP contribution in [0.4, 0.5) is 5.82 Å². The molecule has 1 aliphatic rings. The minimum Gasteiger partial charge on any atom is -0.497 e. The molecule has 0 bridgehead atoms. The van der Waals surface area contributed by atoms with Crippen LogP contribution in [-0.2, 0) is 12.0 Å². The van der Waals surface area contributed by atoms with Crippen LogP contribution in [0.5, 0.6) is 5.75 Å². The third kappa shape index (κ3) is 4.98. The molecule has 3 heterocycles. The fourth-order valence-electron chi connectivity index (χ4n) is 4.54. The number of nitrogens with zero attached hydrogens (tertiary/aromatic N) is 2. The number of carbonyl (C=O) groups is 1. The van der Waals surface area contributed by atoms with E-state index in [1.165, 1.54) is 0 Å². The van der Waals surface area contributed by atoms with Crippen LogP contribution in [0.2, 0.25) is 0 Å². The Kier molecular flexibility index (Phi) is 6.38. The highest BCUT2D eigenvalue weighted by atomic mass is 16.5. The molecule has 35 heavy (non-hydrogen) atoms. The normalized spacial score (nSPS) is 15.1. The quantitative estimate of drug-likeness (QED) is 0.373. The van der Waals surface area contributed by atoms with Crippen LogP contribution in [0, 0.1) is 0 Å². The molecular weight excluding hydrogens is 440 g/mol. The number of ether oxygens (including phenoxy) is 1. The molecule has 0 unspecified atom stereocenters. The Morgan fingerprint density at radius 1 is 1.03 bits per heavy atom. The largest absolute Gasteiger partial charge is 0.497 e. The van der Waals surface area contributed by atoms with E-state index >= 15 is 0 Å². The topological polar surface area (TPSA) is 75.8 Å². The molecule has 0 amide bonds. The Morgan fingerprint density at radius 3 is 2.54 bits per heavy atom. The molecule has 0 atom stereocenters. The summed E-state index contributed by atoms with van der Waals surface area (Å²) in [5.41, 5.74) is 1.86. The Labute approximate surface area is 204 Å². The molecule has 1 saturated heterocycles. The number of aromatic nitrogens is 1. The summed E-state index contributed by atoms with van der Waals surface area (Å²) < 4.78 is 11.1. The molecule has 178 valence electrons. The molecule has 4 aromatic rings. The molecule has 0 saturated carbocycles. The van der Waals surface area contributed by atoms with E-state index in [-0.39, 0.29) is 12.2 Å². The fourth-order valence-corrected chi connectivity index (χ4v) is 4.54. The van der Waals surface area contributed by atoms with Crippen LogP contribution in [0.1, 0.15) is 34.5 Å². The van der Waals surface area contributed by atoms with Crippen molar-refractivity contribution in [3.8, 4) is 17.1 Å². The molecule has 0 spiro atoms. The number of aliphatic hydroxyl groups is 1. The molecule has 1 fully saturated rings. The van der Waals surface area contributed by atoms with E-state index < -0.39 is 5.60 Å². The second-order valence-corrected chi connectivity index (χ2v) is 8.91. The summed E-state index contributed by atoms with van der Waals surface area (Å²) in [4.78, 5) is 19.6. The number of furan rings is 1. The number of rotatable bonds is 7. The summed E-state index contributed by atoms with van der Waals surface area (Å²) in [7, 11) is 1.62. The van der Waals surface area contributed by atoms with Crippen molar-refractivity contribution < 1.29 is 19.1 Å². The predicted molar refractivity (Wildman–Crippen MR) is 135 cm³/mol. The van der Waals surface area contributed by atoms with Gasteiger partial charge in [-0.2, -0.15) is 0 Å². The number of ketones is 1. The van der Waals surface area contributed by atoms with Crippen molar-refractivity contribution >= 4 is 11.6 Å². The van der Waals surface area contributed by atoms with E-state index in [9.17, 15) is 9.90 Å². The maximum atomic E-state index is 12.8. The lowest BCUT2D eigenvalue weighted by atomic mass is 9.84. The summed E-state index contributed by atoms with van der Waals surface area (Å²) >= 11 is 0. The highest BCUT2D eigenvalue weighted by Gasteiger charge is 2.34. The second-order valence-electron chi connectivity index (χ2n) is 8.91. The van der Waals surface area contributed by atoms with Gasteiger partial charge in [0.2, 0.25) is 5.78 Å². The smallest absolute Gasteiger partial charge is 0.202 e. The van der Waals surface area contributed by atoms with Gasteiger partial charge in [0.15, 0.2) is 5.76 Å². The number of methoxy groups -OCH3 is 1. The Morgan fingerprint density at radius 2 is 1.83 bits per heavy atom. The Bertz CT molecular complexity index is 1290. The minimum absolute atomic E-state index is 0.0976. The number of benzene rings is 2. The van der Waals surface area contributed by atoms with Crippen molar-refractivity contribution in [2.75, 3.05) is 25.1 Å². The van der Waals surface area contributed by atoms with Crippen LogP contribution in [0.3, 0.4) is 0 Å². The first-order valence-corrected chi connectivity index (χ1v) is 11.8. The zero-order chi connectivity index (χ0) is 24.3. The van der Waals surface area contributed by atoms with Gasteiger partial charge < -0.3 is 19.2 Å². The van der Waals surface area contributed by atoms with E-state index in [2.05, 4.69) is 9.88 Å². The zero-order valence-corrected chi connectivity index (χ0v) is 19.7. The summed E-state index contributed by atoms with van der Waals surface area (Å²) in [5.74, 6) is 2.44. The van der Waals surface area contributed by atoms with Crippen molar-refractivity contribution in [3.05, 3.63) is 102 Å². The summed E-state index contributed by atoms with van der Waals surface area (Å²) in [6.07, 6.45) is 3.25. The number of anilines is 1. The minimum atomic E-state index is -0.795. The summed E-state index contributed by atoms with van der Waals surface area (Å²) in [5, 5.41) is 11.1. The van der Waals surface area contributed by atoms with Gasteiger partial charge in [-0.05, 0) is 54.3 Å². The van der Waals surface area contributed by atoms with E-state index in [0.29, 0.717) is 24.4 Å². The molecule has 0 radical (unpaired) electrons. The van der Waals surface area contributed by atoms with Gasteiger partial charge in [0.05, 0.1) is 12.7 Å². The number of pyridine rings is 1. The van der Waals surface area contributed by atoms with Crippen LogP contribution in [-0.4, -0.2) is 36.1 Å². The number of hydrogen-bond donors (Lipinski definition) is 1. The molecule has 1 aliphatic heterocycles. The van der Waals surface area contributed by atoms with Crippen molar-refractivity contribution in [1.29, 1.82) is 0 Å². The van der Waals surface area contributed by atoms with Crippen LogP contribution in [0.15, 0.2) is 89.5 Å². The van der Waals surface area contributed by atoms with Crippen LogP contribution >= 0.6 is 0 Å². The first-order valence-electron chi connectivity index (χ1n) is 11.8. The van der Waals surface area contributed by atoms with Crippen LogP contribution in [0.25, 0.3) is 11.3 Å². The molecular formula is C29H28N2O4. The van der Waals surface area contributed by atoms with Gasteiger partial charge in [0.25, 0.3) is 0 Å². The number of piperidine rings is 1. The standard InChI is InChI=1S/C29H28N2O4/c1-34-24-9-5-6-22(19-24)26-11-12-27(35-26)25(32)18-21-10-13-28(30-20-21)31-16-14-29(33,15-17-31)23-7-3-2-4-8-23/h2-13,19-20,33H,14-18H2,1H3. The Hall–Kier alpha value is -3.90. The van der Waals surface area contributed by atoms with E-state index in [1.807, 2.05) is 66.7 Å². The highest BCUT2D eigenvalue weighted by Crippen LogP contribution is 2.34. The average Bonchev–Trinajstić information content (AvgIpc) is 3.41. The molecule has 6 nitrogen and oxygen atoms in total. The SMILES string of the molecule is COc1cccc(-c2ccc(C(=O)Cc3ccc(N4CCC(O)(c5ccccc5)CC4)nc3)o2)c1. The number of carbonyl (C=O) groups excluding carboxylic acids is 1. The third-order valence-electron chi connectivity index (χ3n) is 6.63. The monoisotopic (exact) mass is 468 g/mol. The third-order valence-corrected chi connectivity index (χ3v) is 6.63. The average molecular weight is 469 g/mol. The summed E-state index contributed by atoms with van der Waals surface area (Å²) in [6.45, 7) is 1.44. The van der Waals surface area contributed by atoms with Crippen molar-refractivity contribution in [2.24, 2.45) is 0 Å². The van der Waals surface area contributed by atoms with Gasteiger partial charge >= 0.3 is 0 Å². The molecule has 0 aliphatic carbocycles. The van der Waals surface area contributed by atoms with Gasteiger partial charge in [0, 0.05) is 31.3 Å². The van der Waals surface area contributed by atoms with Gasteiger partial charge in [-0.3, -0.25) is 4.79 Å². The van der Waals surface area contributed by atoms with Gasteiger partial charge in [-0.25, -0.2) is 4.98 Å². The van der Waals surface area contributed by atoms with E-state index in [4.69, 9.17) is 9.15 Å². The lowest BCUT2D eigenvalue weighted by Crippen LogP contribution is -2.42. The molecule has 2 aromatic heterocycles. The highest BCUT2D eigenvalue weighted by molar-refractivity contribution is 5.95. The van der Waals surface area contributed by atoms with Crippen LogP contribution < -0.4 is 9.64 Å². The first-order chi connectivity index (χ1) is 17.0. The van der Waals surface area contributed by atoms with Crippen molar-refractivity contribution in [1.82, 2.24) is 4.98 Å². The predicted octanol–water partition coefficient (Wildman–Crippen LogP) is 5.26. The first kappa shape index (κ1) is 22.9. The van der Waals surface area contributed by atoms with Gasteiger partial charge in [-0.1, -0.05) is 48.5 Å². The van der Waals surface area contributed by atoms with Crippen molar-refractivity contribution in [3.63, 3.8) is 0 Å². The molecule has 6 heteroatoms. The maximum Gasteiger partial charge on any atom is 0.202 e.